The van der Waals surface area contributed by atoms with Gasteiger partial charge >= 0.3 is 0 Å². The molecule has 108 valence electrons. The largest absolute Gasteiger partial charge is 0.622 e. The molecule has 1 atom stereocenters. The van der Waals surface area contributed by atoms with E-state index in [0.717, 1.165) is 4.74 Å². The summed E-state index contributed by atoms with van der Waals surface area (Å²) in [7, 11) is 1.76. The molecule has 20 heavy (non-hydrogen) atoms. The zero-order valence-corrected chi connectivity index (χ0v) is 13.7. The van der Waals surface area contributed by atoms with Crippen molar-refractivity contribution in [3.8, 4) is 0 Å². The van der Waals surface area contributed by atoms with Crippen LogP contribution in [0, 0.1) is 11.0 Å². The molecule has 1 aliphatic heterocycles. The van der Waals surface area contributed by atoms with E-state index >= 15 is 0 Å². The van der Waals surface area contributed by atoms with Crippen LogP contribution in [0.25, 0.3) is 0 Å². The van der Waals surface area contributed by atoms with E-state index in [0.29, 0.717) is 4.32 Å². The average molecular weight is 333 g/mol. The molecule has 7 heteroatoms. The van der Waals surface area contributed by atoms with Crippen molar-refractivity contribution in [1.82, 2.24) is 4.90 Å². The van der Waals surface area contributed by atoms with Gasteiger partial charge in [-0.3, -0.25) is 0 Å². The topological polar surface area (TPSA) is 29.3 Å². The van der Waals surface area contributed by atoms with Gasteiger partial charge in [0.2, 0.25) is 0 Å². The van der Waals surface area contributed by atoms with Gasteiger partial charge in [-0.2, -0.15) is 4.74 Å². The first-order valence-electron chi connectivity index (χ1n) is 5.94. The van der Waals surface area contributed by atoms with E-state index in [1.807, 2.05) is 13.8 Å². The van der Waals surface area contributed by atoms with E-state index in [1.165, 1.54) is 30.1 Å². The van der Waals surface area contributed by atoms with Crippen molar-refractivity contribution in [2.24, 2.45) is 0 Å². The summed E-state index contributed by atoms with van der Waals surface area (Å²) >= 11 is 12.6. The van der Waals surface area contributed by atoms with Crippen molar-refractivity contribution in [2.75, 3.05) is 7.05 Å². The number of rotatable bonds is 2. The van der Waals surface area contributed by atoms with E-state index in [2.05, 4.69) is 0 Å². The van der Waals surface area contributed by atoms with Gasteiger partial charge in [0.05, 0.1) is 10.6 Å². The highest BCUT2D eigenvalue weighted by molar-refractivity contribution is 8.24. The summed E-state index contributed by atoms with van der Waals surface area (Å²) in [4.78, 5) is 1.72. The Morgan fingerprint density at radius 1 is 1.55 bits per heavy atom. The number of halogens is 2. The van der Waals surface area contributed by atoms with Crippen molar-refractivity contribution in [3.63, 3.8) is 0 Å². The van der Waals surface area contributed by atoms with Crippen molar-refractivity contribution < 1.29 is 9.13 Å². The molecule has 1 aromatic rings. The van der Waals surface area contributed by atoms with Gasteiger partial charge in [-0.15, -0.1) is 0 Å². The smallest absolute Gasteiger partial charge is 0.254 e. The number of nitrogens with zero attached hydrogens (tertiary/aromatic N) is 2. The first kappa shape index (κ1) is 15.5. The van der Waals surface area contributed by atoms with Gasteiger partial charge in [0.1, 0.15) is 14.9 Å². The quantitative estimate of drug-likeness (QED) is 0.273. The Morgan fingerprint density at radius 3 is 2.70 bits per heavy atom. The van der Waals surface area contributed by atoms with Gasteiger partial charge < -0.3 is 10.1 Å². The normalized spacial score (nSPS) is 22.4. The Hall–Kier alpha value is -0.850. The lowest BCUT2D eigenvalue weighted by atomic mass is 10.1. The SMILES string of the molecule is CN1C(=S)SC(C)(C)[C@H]1/[N+]([O-])=C/c1c(F)cccc1Cl. The fourth-order valence-corrected chi connectivity index (χ4v) is 4.24. The predicted octanol–water partition coefficient (Wildman–Crippen LogP) is 3.48. The van der Waals surface area contributed by atoms with Gasteiger partial charge in [0.15, 0.2) is 6.21 Å². The summed E-state index contributed by atoms with van der Waals surface area (Å²) < 4.78 is 14.7. The number of hydroxylamine groups is 1. The second-order valence-corrected chi connectivity index (χ2v) is 7.78. The second-order valence-electron chi connectivity index (χ2n) is 5.08. The Balaban J connectivity index is 2.43. The lowest BCUT2D eigenvalue weighted by Crippen LogP contribution is -2.46. The molecule has 0 spiro atoms. The summed E-state index contributed by atoms with van der Waals surface area (Å²) in [5.74, 6) is -0.521. The van der Waals surface area contributed by atoms with Crippen LogP contribution >= 0.6 is 35.6 Å². The van der Waals surface area contributed by atoms with E-state index < -0.39 is 12.0 Å². The maximum absolute atomic E-state index is 13.7. The Kier molecular flexibility index (Phi) is 4.27. The molecule has 1 fully saturated rings. The molecule has 0 unspecified atom stereocenters. The minimum Gasteiger partial charge on any atom is -0.622 e. The van der Waals surface area contributed by atoms with Crippen LogP contribution in [0.5, 0.6) is 0 Å². The second kappa shape index (κ2) is 5.50. The average Bonchev–Trinajstić information content (AvgIpc) is 2.53. The first-order valence-corrected chi connectivity index (χ1v) is 7.54. The molecule has 2 rings (SSSR count). The molecule has 1 aliphatic rings. The molecule has 0 amide bonds. The van der Waals surface area contributed by atoms with Crippen LogP contribution in [0.1, 0.15) is 19.4 Å². The Bertz CT molecular complexity index is 571. The van der Waals surface area contributed by atoms with Crippen LogP contribution in [0.2, 0.25) is 5.02 Å². The maximum Gasteiger partial charge on any atom is 0.254 e. The number of thiocarbonyl (C=S) groups is 1. The molecule has 1 saturated heterocycles. The number of hydrogen-bond donors (Lipinski definition) is 0. The van der Waals surface area contributed by atoms with Gasteiger partial charge in [-0.25, -0.2) is 4.39 Å². The van der Waals surface area contributed by atoms with Crippen molar-refractivity contribution in [1.29, 1.82) is 0 Å². The van der Waals surface area contributed by atoms with Crippen LogP contribution < -0.4 is 0 Å². The van der Waals surface area contributed by atoms with Crippen molar-refractivity contribution >= 4 is 46.1 Å². The molecule has 0 aliphatic carbocycles. The van der Waals surface area contributed by atoms with Gasteiger partial charge in [-0.1, -0.05) is 41.6 Å². The molecule has 0 saturated carbocycles. The van der Waals surface area contributed by atoms with Gasteiger partial charge in [0.25, 0.3) is 6.17 Å². The fraction of sp³-hybridized carbons (Fsp3) is 0.385. The molecule has 1 aromatic carbocycles. The minimum absolute atomic E-state index is 0.0937. The standard InChI is InChI=1S/C13H14ClFN2OS2/c1-13(2)11(16(3)12(19)20-13)17(18)7-8-9(14)5-4-6-10(8)15/h4-7,11H,1-3H3/b17-7-/t11-/m1/s1. The summed E-state index contributed by atoms with van der Waals surface area (Å²) in [6.45, 7) is 3.86. The molecule has 0 N–H and O–H groups in total. The molecular formula is C13H14ClFN2OS2. The fourth-order valence-electron chi connectivity index (χ4n) is 2.22. The van der Waals surface area contributed by atoms with Gasteiger partial charge in [-0.05, 0) is 26.0 Å². The van der Waals surface area contributed by atoms with E-state index in [9.17, 15) is 9.60 Å². The monoisotopic (exact) mass is 332 g/mol. The minimum atomic E-state index is -0.521. The van der Waals surface area contributed by atoms with Crippen molar-refractivity contribution in [2.45, 2.75) is 24.8 Å². The summed E-state index contributed by atoms with van der Waals surface area (Å²) in [6.07, 6.45) is 0.686. The van der Waals surface area contributed by atoms with E-state index in [-0.39, 0.29) is 15.3 Å². The Morgan fingerprint density at radius 2 is 2.20 bits per heavy atom. The first-order chi connectivity index (χ1) is 9.24. The lowest BCUT2D eigenvalue weighted by Gasteiger charge is -2.27. The highest BCUT2D eigenvalue weighted by atomic mass is 35.5. The summed E-state index contributed by atoms with van der Waals surface area (Å²) in [5, 5.41) is 12.6. The Labute approximate surface area is 132 Å². The number of hydrogen-bond acceptors (Lipinski definition) is 3. The van der Waals surface area contributed by atoms with Crippen molar-refractivity contribution in [3.05, 3.63) is 39.8 Å². The van der Waals surface area contributed by atoms with Gasteiger partial charge in [0, 0.05) is 7.05 Å². The van der Waals surface area contributed by atoms with Crippen LogP contribution in [0.3, 0.4) is 0 Å². The summed E-state index contributed by atoms with van der Waals surface area (Å²) in [5.41, 5.74) is 0.0937. The van der Waals surface area contributed by atoms with Crippen LogP contribution in [0.15, 0.2) is 18.2 Å². The zero-order valence-electron chi connectivity index (χ0n) is 11.3. The third-order valence-electron chi connectivity index (χ3n) is 3.12. The number of thioether (sulfide) groups is 1. The third kappa shape index (κ3) is 2.77. The number of benzene rings is 1. The summed E-state index contributed by atoms with van der Waals surface area (Å²) in [6, 6.07) is 4.32. The van der Waals surface area contributed by atoms with E-state index in [4.69, 9.17) is 23.8 Å². The van der Waals surface area contributed by atoms with Crippen LogP contribution in [0.4, 0.5) is 4.39 Å². The molecular weight excluding hydrogens is 319 g/mol. The maximum atomic E-state index is 13.7. The third-order valence-corrected chi connectivity index (χ3v) is 5.19. The highest BCUT2D eigenvalue weighted by Crippen LogP contribution is 2.40. The molecule has 1 heterocycles. The molecule has 0 bridgehead atoms. The molecule has 0 aromatic heterocycles. The highest BCUT2D eigenvalue weighted by Gasteiger charge is 2.48. The van der Waals surface area contributed by atoms with Crippen LogP contribution in [-0.4, -0.2) is 38.1 Å². The van der Waals surface area contributed by atoms with Crippen LogP contribution in [-0.2, 0) is 0 Å². The lowest BCUT2D eigenvalue weighted by molar-refractivity contribution is -0.522. The molecule has 0 radical (unpaired) electrons. The molecule has 3 nitrogen and oxygen atoms in total. The predicted molar refractivity (Wildman–Crippen MR) is 86.0 cm³/mol. The van der Waals surface area contributed by atoms with E-state index in [1.54, 1.807) is 18.0 Å². The zero-order chi connectivity index (χ0) is 15.1.